The summed E-state index contributed by atoms with van der Waals surface area (Å²) in [6.07, 6.45) is 3.95. The summed E-state index contributed by atoms with van der Waals surface area (Å²) >= 11 is 2.07. The van der Waals surface area contributed by atoms with Gasteiger partial charge < -0.3 is 10.5 Å². The fourth-order valence-corrected chi connectivity index (χ4v) is 4.36. The zero-order chi connectivity index (χ0) is 11.6. The molecule has 1 saturated carbocycles. The van der Waals surface area contributed by atoms with E-state index in [4.69, 9.17) is 10.5 Å². The summed E-state index contributed by atoms with van der Waals surface area (Å²) < 4.78 is 5.25. The molecule has 2 rings (SSSR count). The normalized spacial score (nSPS) is 34.9. The second-order valence-electron chi connectivity index (χ2n) is 4.99. The van der Waals surface area contributed by atoms with Crippen LogP contribution in [-0.4, -0.2) is 54.3 Å². The summed E-state index contributed by atoms with van der Waals surface area (Å²) in [6, 6.07) is 0.778. The fraction of sp³-hybridized carbons (Fsp3) is 1.00. The molecular formula is C12H24N2OS. The van der Waals surface area contributed by atoms with E-state index in [1.165, 1.54) is 25.0 Å². The Morgan fingerprint density at radius 1 is 1.50 bits per heavy atom. The SMILES string of the molecule is COCCN(C1CC1)C1(CN)CCSC1C. The standard InChI is InChI=1S/C12H24N2OS/c1-10-12(9-13,5-8-16-10)14(6-7-15-2)11-3-4-11/h10-11H,3-9,13H2,1-2H3. The molecule has 2 atom stereocenters. The average molecular weight is 244 g/mol. The number of hydrogen-bond donors (Lipinski definition) is 1. The maximum atomic E-state index is 6.10. The fourth-order valence-electron chi connectivity index (χ4n) is 2.88. The Hall–Kier alpha value is 0.230. The van der Waals surface area contributed by atoms with E-state index in [1.807, 2.05) is 0 Å². The first kappa shape index (κ1) is 12.7. The summed E-state index contributed by atoms with van der Waals surface area (Å²) in [4.78, 5) is 2.65. The molecule has 94 valence electrons. The largest absolute Gasteiger partial charge is 0.383 e. The molecule has 1 aliphatic heterocycles. The van der Waals surface area contributed by atoms with Crippen molar-refractivity contribution in [2.24, 2.45) is 5.73 Å². The van der Waals surface area contributed by atoms with Gasteiger partial charge in [-0.2, -0.15) is 11.8 Å². The third-order valence-electron chi connectivity index (χ3n) is 4.11. The molecule has 0 aromatic heterocycles. The third kappa shape index (κ3) is 2.26. The van der Waals surface area contributed by atoms with Crippen molar-refractivity contribution in [3.05, 3.63) is 0 Å². The lowest BCUT2D eigenvalue weighted by Crippen LogP contribution is -2.59. The predicted octanol–water partition coefficient (Wildman–Crippen LogP) is 1.32. The molecule has 0 bridgehead atoms. The van der Waals surface area contributed by atoms with Crippen molar-refractivity contribution < 1.29 is 4.74 Å². The van der Waals surface area contributed by atoms with Crippen LogP contribution in [0, 0.1) is 0 Å². The minimum Gasteiger partial charge on any atom is -0.383 e. The van der Waals surface area contributed by atoms with E-state index in [0.717, 1.165) is 25.7 Å². The molecule has 2 fully saturated rings. The highest BCUT2D eigenvalue weighted by molar-refractivity contribution is 8.00. The van der Waals surface area contributed by atoms with E-state index < -0.39 is 0 Å². The van der Waals surface area contributed by atoms with Crippen LogP contribution in [0.15, 0.2) is 0 Å². The van der Waals surface area contributed by atoms with Crippen LogP contribution >= 0.6 is 11.8 Å². The topological polar surface area (TPSA) is 38.5 Å². The second-order valence-corrected chi connectivity index (χ2v) is 6.44. The van der Waals surface area contributed by atoms with Crippen LogP contribution in [0.5, 0.6) is 0 Å². The van der Waals surface area contributed by atoms with Crippen LogP contribution in [0.25, 0.3) is 0 Å². The number of ether oxygens (including phenoxy) is 1. The molecule has 1 heterocycles. The average Bonchev–Trinajstić information content (AvgIpc) is 3.05. The molecule has 0 aromatic rings. The highest BCUT2D eigenvalue weighted by atomic mass is 32.2. The Morgan fingerprint density at radius 2 is 2.25 bits per heavy atom. The Bertz CT molecular complexity index is 235. The number of nitrogens with zero attached hydrogens (tertiary/aromatic N) is 1. The first-order chi connectivity index (χ1) is 7.74. The summed E-state index contributed by atoms with van der Waals surface area (Å²) in [5.74, 6) is 1.26. The molecule has 2 N–H and O–H groups in total. The van der Waals surface area contributed by atoms with Crippen molar-refractivity contribution in [2.75, 3.05) is 32.6 Å². The maximum Gasteiger partial charge on any atom is 0.0590 e. The van der Waals surface area contributed by atoms with Gasteiger partial charge >= 0.3 is 0 Å². The number of nitrogens with two attached hydrogens (primary N) is 1. The zero-order valence-electron chi connectivity index (χ0n) is 10.4. The van der Waals surface area contributed by atoms with Crippen LogP contribution < -0.4 is 5.73 Å². The van der Waals surface area contributed by atoms with Gasteiger partial charge in [-0.15, -0.1) is 0 Å². The smallest absolute Gasteiger partial charge is 0.0590 e. The molecule has 1 aliphatic carbocycles. The molecule has 16 heavy (non-hydrogen) atoms. The minimum atomic E-state index is 0.240. The van der Waals surface area contributed by atoms with E-state index >= 15 is 0 Å². The Kier molecular flexibility index (Phi) is 4.16. The maximum absolute atomic E-state index is 6.10. The highest BCUT2D eigenvalue weighted by Gasteiger charge is 2.49. The summed E-state index contributed by atoms with van der Waals surface area (Å²) in [5.41, 5.74) is 6.34. The number of rotatable bonds is 6. The second kappa shape index (κ2) is 5.25. The van der Waals surface area contributed by atoms with Gasteiger partial charge in [-0.25, -0.2) is 0 Å². The van der Waals surface area contributed by atoms with Crippen molar-refractivity contribution in [1.29, 1.82) is 0 Å². The molecule has 0 spiro atoms. The Labute approximate surface area is 103 Å². The van der Waals surface area contributed by atoms with Crippen molar-refractivity contribution in [3.8, 4) is 0 Å². The van der Waals surface area contributed by atoms with Crippen LogP contribution in [0.1, 0.15) is 26.2 Å². The van der Waals surface area contributed by atoms with Crippen molar-refractivity contribution in [3.63, 3.8) is 0 Å². The number of methoxy groups -OCH3 is 1. The molecule has 3 nitrogen and oxygen atoms in total. The number of hydrogen-bond acceptors (Lipinski definition) is 4. The van der Waals surface area contributed by atoms with Gasteiger partial charge in [-0.1, -0.05) is 6.92 Å². The zero-order valence-corrected chi connectivity index (χ0v) is 11.3. The Morgan fingerprint density at radius 3 is 2.69 bits per heavy atom. The van der Waals surface area contributed by atoms with E-state index in [2.05, 4.69) is 23.6 Å². The third-order valence-corrected chi connectivity index (χ3v) is 5.49. The summed E-state index contributed by atoms with van der Waals surface area (Å²) in [7, 11) is 1.78. The Balaban J connectivity index is 2.08. The molecule has 4 heteroatoms. The number of thioether (sulfide) groups is 1. The van der Waals surface area contributed by atoms with Gasteiger partial charge in [-0.3, -0.25) is 4.90 Å². The lowest BCUT2D eigenvalue weighted by atomic mass is 9.90. The van der Waals surface area contributed by atoms with Crippen LogP contribution in [-0.2, 0) is 4.74 Å². The summed E-state index contributed by atoms with van der Waals surface area (Å²) in [6.45, 7) is 5.01. The first-order valence-electron chi connectivity index (χ1n) is 6.32. The molecule has 0 aromatic carbocycles. The highest BCUT2D eigenvalue weighted by Crippen LogP contribution is 2.44. The van der Waals surface area contributed by atoms with Crippen molar-refractivity contribution in [2.45, 2.75) is 43.0 Å². The van der Waals surface area contributed by atoms with E-state index in [1.54, 1.807) is 7.11 Å². The van der Waals surface area contributed by atoms with Gasteiger partial charge in [0.1, 0.15) is 0 Å². The lowest BCUT2D eigenvalue weighted by Gasteiger charge is -2.43. The first-order valence-corrected chi connectivity index (χ1v) is 7.37. The monoisotopic (exact) mass is 244 g/mol. The van der Waals surface area contributed by atoms with Crippen molar-refractivity contribution >= 4 is 11.8 Å². The van der Waals surface area contributed by atoms with Gasteiger partial charge in [0.05, 0.1) is 6.61 Å². The molecule has 0 radical (unpaired) electrons. The van der Waals surface area contributed by atoms with E-state index in [-0.39, 0.29) is 5.54 Å². The van der Waals surface area contributed by atoms with E-state index in [9.17, 15) is 0 Å². The van der Waals surface area contributed by atoms with Crippen LogP contribution in [0.2, 0.25) is 0 Å². The summed E-state index contributed by atoms with van der Waals surface area (Å²) in [5, 5.41) is 0.662. The van der Waals surface area contributed by atoms with Gasteiger partial charge in [0.2, 0.25) is 0 Å². The van der Waals surface area contributed by atoms with Gasteiger partial charge in [0.25, 0.3) is 0 Å². The quantitative estimate of drug-likeness (QED) is 0.765. The molecule has 1 saturated heterocycles. The van der Waals surface area contributed by atoms with E-state index in [0.29, 0.717) is 5.25 Å². The molecule has 2 aliphatic rings. The van der Waals surface area contributed by atoms with Crippen LogP contribution in [0.4, 0.5) is 0 Å². The lowest BCUT2D eigenvalue weighted by molar-refractivity contribution is 0.0550. The van der Waals surface area contributed by atoms with Gasteiger partial charge in [0.15, 0.2) is 0 Å². The molecule has 0 amide bonds. The van der Waals surface area contributed by atoms with Gasteiger partial charge in [0, 0.05) is 37.0 Å². The minimum absolute atomic E-state index is 0.240. The molecular weight excluding hydrogens is 220 g/mol. The predicted molar refractivity (Wildman–Crippen MR) is 69.9 cm³/mol. The molecule has 2 unspecified atom stereocenters. The van der Waals surface area contributed by atoms with Gasteiger partial charge in [-0.05, 0) is 25.0 Å². The van der Waals surface area contributed by atoms with Crippen LogP contribution in [0.3, 0.4) is 0 Å². The van der Waals surface area contributed by atoms with Crippen molar-refractivity contribution in [1.82, 2.24) is 4.90 Å².